The normalized spacial score (nSPS) is 13.1. The van der Waals surface area contributed by atoms with Crippen molar-refractivity contribution in [3.05, 3.63) is 17.8 Å². The fourth-order valence-corrected chi connectivity index (χ4v) is 1.15. The zero-order chi connectivity index (χ0) is 10.4. The molecule has 0 aliphatic carbocycles. The summed E-state index contributed by atoms with van der Waals surface area (Å²) >= 11 is 0. The highest BCUT2D eigenvalue weighted by molar-refractivity contribution is 4.96. The molecule has 80 valence electrons. The Kier molecular flexibility index (Phi) is 4.62. The number of aromatic nitrogens is 1. The minimum atomic E-state index is 0.415. The van der Waals surface area contributed by atoms with E-state index in [2.05, 4.69) is 17.2 Å². The second-order valence-electron chi connectivity index (χ2n) is 3.36. The van der Waals surface area contributed by atoms with Crippen LogP contribution in [0.15, 0.2) is 10.6 Å². The van der Waals surface area contributed by atoms with Crippen LogP contribution in [0.4, 0.5) is 0 Å². The Labute approximate surface area is 84.7 Å². The summed E-state index contributed by atoms with van der Waals surface area (Å²) in [6.45, 7) is 2.76. The first-order valence-electron chi connectivity index (χ1n) is 4.86. The maximum atomic E-state index is 5.53. The first kappa shape index (κ1) is 11.2. The average Bonchev–Trinajstić information content (AvgIpc) is 2.62. The molecule has 0 aromatic carbocycles. The van der Waals surface area contributed by atoms with Crippen LogP contribution < -0.4 is 5.32 Å². The number of methoxy groups -OCH3 is 1. The summed E-state index contributed by atoms with van der Waals surface area (Å²) in [6.07, 6.45) is 3.40. The smallest absolute Gasteiger partial charge is 0.196 e. The van der Waals surface area contributed by atoms with Crippen LogP contribution in [-0.4, -0.2) is 31.8 Å². The zero-order valence-corrected chi connectivity index (χ0v) is 9.04. The molecular formula is C10H18N2O2. The minimum Gasteiger partial charge on any atom is -0.446 e. The van der Waals surface area contributed by atoms with Gasteiger partial charge in [0.25, 0.3) is 0 Å². The maximum Gasteiger partial charge on any atom is 0.196 e. The summed E-state index contributed by atoms with van der Waals surface area (Å²) in [6, 6.07) is 0.415. The summed E-state index contributed by atoms with van der Waals surface area (Å²) < 4.78 is 10.5. The molecule has 1 N–H and O–H groups in total. The molecule has 0 fully saturated rings. The minimum absolute atomic E-state index is 0.415. The lowest BCUT2D eigenvalue weighted by Gasteiger charge is -2.05. The van der Waals surface area contributed by atoms with Crippen LogP contribution in [0.25, 0.3) is 0 Å². The Morgan fingerprint density at radius 1 is 1.64 bits per heavy atom. The zero-order valence-electron chi connectivity index (χ0n) is 9.04. The molecule has 0 aliphatic heterocycles. The third-order valence-corrected chi connectivity index (χ3v) is 2.12. The van der Waals surface area contributed by atoms with Crippen LogP contribution >= 0.6 is 0 Å². The lowest BCUT2D eigenvalue weighted by molar-refractivity contribution is 0.194. The van der Waals surface area contributed by atoms with Gasteiger partial charge in [0.1, 0.15) is 5.76 Å². The molecule has 0 aliphatic rings. The third kappa shape index (κ3) is 3.47. The highest BCUT2D eigenvalue weighted by Gasteiger charge is 2.06. The van der Waals surface area contributed by atoms with Gasteiger partial charge >= 0.3 is 0 Å². The first-order valence-corrected chi connectivity index (χ1v) is 4.86. The summed E-state index contributed by atoms with van der Waals surface area (Å²) in [5.41, 5.74) is 0. The Morgan fingerprint density at radius 2 is 2.43 bits per heavy atom. The average molecular weight is 198 g/mol. The van der Waals surface area contributed by atoms with Gasteiger partial charge in [0, 0.05) is 26.0 Å². The van der Waals surface area contributed by atoms with E-state index >= 15 is 0 Å². The molecule has 4 heteroatoms. The monoisotopic (exact) mass is 198 g/mol. The Hall–Kier alpha value is -0.870. The molecule has 1 heterocycles. The summed E-state index contributed by atoms with van der Waals surface area (Å²) in [4.78, 5) is 4.17. The number of rotatable bonds is 6. The van der Waals surface area contributed by atoms with Crippen molar-refractivity contribution in [3.8, 4) is 0 Å². The Balaban J connectivity index is 2.42. The van der Waals surface area contributed by atoms with E-state index in [0.717, 1.165) is 24.5 Å². The molecular weight excluding hydrogens is 180 g/mol. The summed E-state index contributed by atoms with van der Waals surface area (Å²) in [7, 11) is 3.61. The Morgan fingerprint density at radius 3 is 3.07 bits per heavy atom. The van der Waals surface area contributed by atoms with E-state index in [1.165, 1.54) is 0 Å². The SMILES string of the molecule is CNC(C)Cc1cnc(CCOC)o1. The third-order valence-electron chi connectivity index (χ3n) is 2.12. The number of hydrogen-bond donors (Lipinski definition) is 1. The van der Waals surface area contributed by atoms with E-state index in [1.54, 1.807) is 13.3 Å². The molecule has 0 amide bonds. The van der Waals surface area contributed by atoms with Crippen LogP contribution in [0.2, 0.25) is 0 Å². The van der Waals surface area contributed by atoms with Gasteiger partial charge in [-0.1, -0.05) is 0 Å². The molecule has 0 saturated carbocycles. The standard InChI is InChI=1S/C10H18N2O2/c1-8(11-2)6-9-7-12-10(14-9)4-5-13-3/h7-8,11H,4-6H2,1-3H3. The molecule has 14 heavy (non-hydrogen) atoms. The Bertz CT molecular complexity index is 260. The molecule has 0 spiro atoms. The van der Waals surface area contributed by atoms with Crippen molar-refractivity contribution in [3.63, 3.8) is 0 Å². The van der Waals surface area contributed by atoms with Crippen molar-refractivity contribution >= 4 is 0 Å². The van der Waals surface area contributed by atoms with Gasteiger partial charge < -0.3 is 14.5 Å². The fraction of sp³-hybridized carbons (Fsp3) is 0.700. The van der Waals surface area contributed by atoms with Crippen molar-refractivity contribution in [1.82, 2.24) is 10.3 Å². The number of oxazole rings is 1. The number of hydrogen-bond acceptors (Lipinski definition) is 4. The molecule has 0 bridgehead atoms. The number of nitrogens with one attached hydrogen (secondary N) is 1. The van der Waals surface area contributed by atoms with E-state index in [1.807, 2.05) is 7.05 Å². The highest BCUT2D eigenvalue weighted by Crippen LogP contribution is 2.06. The lowest BCUT2D eigenvalue weighted by Crippen LogP contribution is -2.23. The van der Waals surface area contributed by atoms with Gasteiger partial charge in [-0.15, -0.1) is 0 Å². The van der Waals surface area contributed by atoms with Crippen molar-refractivity contribution in [2.75, 3.05) is 20.8 Å². The second kappa shape index (κ2) is 5.78. The predicted octanol–water partition coefficient (Wildman–Crippen LogP) is 1.01. The highest BCUT2D eigenvalue weighted by atomic mass is 16.5. The van der Waals surface area contributed by atoms with E-state index in [9.17, 15) is 0 Å². The fourth-order valence-electron chi connectivity index (χ4n) is 1.15. The van der Waals surface area contributed by atoms with Crippen LogP contribution in [0.1, 0.15) is 18.6 Å². The molecule has 0 saturated heterocycles. The van der Waals surface area contributed by atoms with Crippen molar-refractivity contribution < 1.29 is 9.15 Å². The van der Waals surface area contributed by atoms with Gasteiger partial charge in [-0.2, -0.15) is 0 Å². The summed E-state index contributed by atoms with van der Waals surface area (Å²) in [5.74, 6) is 1.68. The van der Waals surface area contributed by atoms with Gasteiger partial charge in [0.2, 0.25) is 0 Å². The van der Waals surface area contributed by atoms with E-state index in [0.29, 0.717) is 12.6 Å². The van der Waals surface area contributed by atoms with Crippen LogP contribution in [0.3, 0.4) is 0 Å². The second-order valence-corrected chi connectivity index (χ2v) is 3.36. The lowest BCUT2D eigenvalue weighted by atomic mass is 10.2. The molecule has 1 atom stereocenters. The predicted molar refractivity (Wildman–Crippen MR) is 54.3 cm³/mol. The molecule has 1 aromatic rings. The topological polar surface area (TPSA) is 47.3 Å². The van der Waals surface area contributed by atoms with Crippen LogP contribution in [0, 0.1) is 0 Å². The molecule has 0 radical (unpaired) electrons. The number of ether oxygens (including phenoxy) is 1. The van der Waals surface area contributed by atoms with Gasteiger partial charge in [-0.3, -0.25) is 0 Å². The van der Waals surface area contributed by atoms with E-state index in [4.69, 9.17) is 9.15 Å². The molecule has 4 nitrogen and oxygen atoms in total. The molecule has 1 aromatic heterocycles. The van der Waals surface area contributed by atoms with Crippen molar-refractivity contribution in [2.45, 2.75) is 25.8 Å². The van der Waals surface area contributed by atoms with Gasteiger partial charge in [-0.05, 0) is 14.0 Å². The summed E-state index contributed by atoms with van der Waals surface area (Å²) in [5, 5.41) is 3.15. The van der Waals surface area contributed by atoms with Gasteiger partial charge in [0.15, 0.2) is 5.89 Å². The quantitative estimate of drug-likeness (QED) is 0.741. The van der Waals surface area contributed by atoms with Gasteiger partial charge in [-0.25, -0.2) is 4.98 Å². The number of likely N-dealkylation sites (N-methyl/N-ethyl adjacent to an activating group) is 1. The van der Waals surface area contributed by atoms with E-state index < -0.39 is 0 Å². The van der Waals surface area contributed by atoms with Gasteiger partial charge in [0.05, 0.1) is 12.8 Å². The maximum absolute atomic E-state index is 5.53. The first-order chi connectivity index (χ1) is 6.76. The largest absolute Gasteiger partial charge is 0.446 e. The molecule has 1 unspecified atom stereocenters. The van der Waals surface area contributed by atoms with Crippen LogP contribution in [-0.2, 0) is 17.6 Å². The molecule has 1 rings (SSSR count). The van der Waals surface area contributed by atoms with Crippen molar-refractivity contribution in [1.29, 1.82) is 0 Å². The van der Waals surface area contributed by atoms with Crippen LogP contribution in [0.5, 0.6) is 0 Å². The number of nitrogens with zero attached hydrogens (tertiary/aromatic N) is 1. The van der Waals surface area contributed by atoms with Crippen molar-refractivity contribution in [2.24, 2.45) is 0 Å². The van der Waals surface area contributed by atoms with E-state index in [-0.39, 0.29) is 0 Å².